The van der Waals surface area contributed by atoms with Crippen LogP contribution in [0.1, 0.15) is 39.1 Å². The highest BCUT2D eigenvalue weighted by molar-refractivity contribution is 9.10. The van der Waals surface area contributed by atoms with Gasteiger partial charge < -0.3 is 5.32 Å². The van der Waals surface area contributed by atoms with E-state index in [-0.39, 0.29) is 12.5 Å². The Labute approximate surface area is 136 Å². The van der Waals surface area contributed by atoms with Gasteiger partial charge in [0.2, 0.25) is 5.91 Å². The minimum absolute atomic E-state index is 0.000521. The van der Waals surface area contributed by atoms with Gasteiger partial charge in [-0.1, -0.05) is 0 Å². The van der Waals surface area contributed by atoms with Crippen molar-refractivity contribution < 1.29 is 4.79 Å². The first kappa shape index (κ1) is 18.2. The van der Waals surface area contributed by atoms with Crippen LogP contribution in [0.2, 0.25) is 0 Å². The quantitative estimate of drug-likeness (QED) is 0.814. The molecule has 0 saturated carbocycles. The Kier molecular flexibility index (Phi) is 6.87. The largest absolute Gasteiger partial charge is 0.353 e. The maximum Gasteiger partial charge on any atom is 0.241 e. The summed E-state index contributed by atoms with van der Waals surface area (Å²) in [5, 5.41) is 7.32. The predicted molar refractivity (Wildman–Crippen MR) is 89.4 cm³/mol. The van der Waals surface area contributed by atoms with Gasteiger partial charge in [-0.3, -0.25) is 14.4 Å². The highest BCUT2D eigenvalue weighted by Gasteiger charge is 2.14. The van der Waals surface area contributed by atoms with Crippen molar-refractivity contribution in [3.8, 4) is 0 Å². The monoisotopic (exact) mass is 358 g/mol. The van der Waals surface area contributed by atoms with Gasteiger partial charge in [0.15, 0.2) is 0 Å². The fraction of sp³-hybridized carbons (Fsp3) is 0.733. The van der Waals surface area contributed by atoms with Crippen molar-refractivity contribution in [1.29, 1.82) is 0 Å². The molecule has 6 heteroatoms. The van der Waals surface area contributed by atoms with Crippen molar-refractivity contribution in [3.63, 3.8) is 0 Å². The van der Waals surface area contributed by atoms with Gasteiger partial charge in [-0.15, -0.1) is 0 Å². The molecule has 0 radical (unpaired) electrons. The maximum atomic E-state index is 12.0. The van der Waals surface area contributed by atoms with E-state index in [0.717, 1.165) is 22.4 Å². The second kappa shape index (κ2) is 7.94. The normalized spacial score (nSPS) is 11.7. The van der Waals surface area contributed by atoms with Crippen molar-refractivity contribution in [2.24, 2.45) is 0 Å². The van der Waals surface area contributed by atoms with Crippen LogP contribution in [0.5, 0.6) is 0 Å². The molecule has 1 N–H and O–H groups in total. The summed E-state index contributed by atoms with van der Waals surface area (Å²) in [5.74, 6) is 0.000521. The zero-order valence-electron chi connectivity index (χ0n) is 13.9. The first-order valence-electron chi connectivity index (χ1n) is 7.46. The Morgan fingerprint density at radius 2 is 1.86 bits per heavy atom. The molecule has 1 aromatic heterocycles. The van der Waals surface area contributed by atoms with Gasteiger partial charge in [0.1, 0.15) is 6.54 Å². The lowest BCUT2D eigenvalue weighted by Crippen LogP contribution is -2.43. The molecule has 1 rings (SSSR count). The van der Waals surface area contributed by atoms with Crippen molar-refractivity contribution >= 4 is 21.8 Å². The standard InChI is InChI=1S/C15H27BrN4O/c1-10(2)19(11(3)4)8-7-17-14(21)9-20-13(6)15(16)12(5)18-20/h10-11H,7-9H2,1-6H3,(H,17,21). The van der Waals surface area contributed by atoms with E-state index in [2.05, 4.69) is 58.9 Å². The molecule has 0 unspecified atom stereocenters. The second-order valence-corrected chi connectivity index (χ2v) is 6.71. The van der Waals surface area contributed by atoms with E-state index >= 15 is 0 Å². The number of aromatic nitrogens is 2. The van der Waals surface area contributed by atoms with E-state index in [4.69, 9.17) is 0 Å². The predicted octanol–water partition coefficient (Wildman–Crippen LogP) is 2.50. The van der Waals surface area contributed by atoms with E-state index in [9.17, 15) is 4.79 Å². The third-order valence-electron chi connectivity index (χ3n) is 3.61. The lowest BCUT2D eigenvalue weighted by atomic mass is 10.2. The van der Waals surface area contributed by atoms with Crippen molar-refractivity contribution in [3.05, 3.63) is 15.9 Å². The van der Waals surface area contributed by atoms with Crippen LogP contribution in [0.25, 0.3) is 0 Å². The molecule has 1 heterocycles. The average molecular weight is 359 g/mol. The number of hydrogen-bond donors (Lipinski definition) is 1. The fourth-order valence-electron chi connectivity index (χ4n) is 2.46. The summed E-state index contributed by atoms with van der Waals surface area (Å²) >= 11 is 3.47. The van der Waals surface area contributed by atoms with Crippen molar-refractivity contribution in [2.75, 3.05) is 13.1 Å². The van der Waals surface area contributed by atoms with Crippen LogP contribution in [0, 0.1) is 13.8 Å². The zero-order valence-corrected chi connectivity index (χ0v) is 15.5. The number of carbonyl (C=O) groups excluding carboxylic acids is 1. The van der Waals surface area contributed by atoms with E-state index in [1.54, 1.807) is 4.68 Å². The number of amides is 1. The van der Waals surface area contributed by atoms with Gasteiger partial charge in [0, 0.05) is 25.2 Å². The van der Waals surface area contributed by atoms with Crippen LogP contribution in [-0.2, 0) is 11.3 Å². The molecule has 0 fully saturated rings. The van der Waals surface area contributed by atoms with E-state index in [1.807, 2.05) is 13.8 Å². The minimum Gasteiger partial charge on any atom is -0.353 e. The maximum absolute atomic E-state index is 12.0. The zero-order chi connectivity index (χ0) is 16.2. The summed E-state index contributed by atoms with van der Waals surface area (Å²) in [7, 11) is 0. The number of nitrogens with zero attached hydrogens (tertiary/aromatic N) is 3. The molecule has 0 atom stereocenters. The third-order valence-corrected chi connectivity index (χ3v) is 4.75. The van der Waals surface area contributed by atoms with Gasteiger partial charge in [-0.25, -0.2) is 0 Å². The third kappa shape index (κ3) is 5.11. The van der Waals surface area contributed by atoms with E-state index < -0.39 is 0 Å². The number of rotatable bonds is 7. The number of hydrogen-bond acceptors (Lipinski definition) is 3. The van der Waals surface area contributed by atoms with Crippen LogP contribution in [0.4, 0.5) is 0 Å². The molecule has 0 spiro atoms. The van der Waals surface area contributed by atoms with Gasteiger partial charge in [-0.05, 0) is 57.5 Å². The first-order chi connectivity index (χ1) is 9.73. The lowest BCUT2D eigenvalue weighted by Gasteiger charge is -2.30. The van der Waals surface area contributed by atoms with Crippen LogP contribution < -0.4 is 5.32 Å². The minimum atomic E-state index is 0.000521. The SMILES string of the molecule is Cc1nn(CC(=O)NCCN(C(C)C)C(C)C)c(C)c1Br. The summed E-state index contributed by atoms with van der Waals surface area (Å²) in [6.45, 7) is 14.4. The number of carbonyl (C=O) groups is 1. The van der Waals surface area contributed by atoms with Crippen LogP contribution in [0.3, 0.4) is 0 Å². The Morgan fingerprint density at radius 3 is 2.29 bits per heavy atom. The molecule has 0 aromatic carbocycles. The Balaban J connectivity index is 2.46. The molecule has 0 aliphatic carbocycles. The molecule has 21 heavy (non-hydrogen) atoms. The Hall–Kier alpha value is -0.880. The van der Waals surface area contributed by atoms with Crippen LogP contribution >= 0.6 is 15.9 Å². The van der Waals surface area contributed by atoms with Crippen molar-refractivity contribution in [1.82, 2.24) is 20.0 Å². The molecule has 120 valence electrons. The fourth-order valence-corrected chi connectivity index (χ4v) is 2.74. The second-order valence-electron chi connectivity index (χ2n) is 5.92. The topological polar surface area (TPSA) is 50.2 Å². The smallest absolute Gasteiger partial charge is 0.241 e. The molecule has 0 aliphatic heterocycles. The molecule has 0 bridgehead atoms. The first-order valence-corrected chi connectivity index (χ1v) is 8.25. The highest BCUT2D eigenvalue weighted by Crippen LogP contribution is 2.19. The van der Waals surface area contributed by atoms with Gasteiger partial charge in [0.25, 0.3) is 0 Å². The van der Waals surface area contributed by atoms with Gasteiger partial charge in [-0.2, -0.15) is 5.10 Å². The van der Waals surface area contributed by atoms with E-state index in [1.165, 1.54) is 0 Å². The lowest BCUT2D eigenvalue weighted by molar-refractivity contribution is -0.122. The molecule has 1 amide bonds. The number of halogens is 1. The van der Waals surface area contributed by atoms with Gasteiger partial charge in [0.05, 0.1) is 15.9 Å². The molecule has 5 nitrogen and oxygen atoms in total. The molecular formula is C15H27BrN4O. The molecule has 0 saturated heterocycles. The number of nitrogens with one attached hydrogen (secondary N) is 1. The summed E-state index contributed by atoms with van der Waals surface area (Å²) in [6, 6.07) is 0.961. The summed E-state index contributed by atoms with van der Waals surface area (Å²) in [6.07, 6.45) is 0. The van der Waals surface area contributed by atoms with Crippen LogP contribution in [-0.4, -0.2) is 45.8 Å². The van der Waals surface area contributed by atoms with Crippen LogP contribution in [0.15, 0.2) is 4.47 Å². The Morgan fingerprint density at radius 1 is 1.29 bits per heavy atom. The average Bonchev–Trinajstić information content (AvgIpc) is 2.61. The molecule has 0 aliphatic rings. The molecule has 1 aromatic rings. The van der Waals surface area contributed by atoms with E-state index in [0.29, 0.717) is 18.6 Å². The summed E-state index contributed by atoms with van der Waals surface area (Å²) in [5.41, 5.74) is 1.89. The summed E-state index contributed by atoms with van der Waals surface area (Å²) in [4.78, 5) is 14.4. The highest BCUT2D eigenvalue weighted by atomic mass is 79.9. The summed E-state index contributed by atoms with van der Waals surface area (Å²) < 4.78 is 2.71. The number of aryl methyl sites for hydroxylation is 1. The molecular weight excluding hydrogens is 332 g/mol. The van der Waals surface area contributed by atoms with Gasteiger partial charge >= 0.3 is 0 Å². The van der Waals surface area contributed by atoms with Crippen molar-refractivity contribution in [2.45, 2.75) is 60.2 Å². The Bertz CT molecular complexity index is 474.